The van der Waals surface area contributed by atoms with Crippen molar-refractivity contribution in [1.29, 1.82) is 0 Å². The highest BCUT2D eigenvalue weighted by Crippen LogP contribution is 2.31. The number of amides is 1. The van der Waals surface area contributed by atoms with Gasteiger partial charge in [0.1, 0.15) is 0 Å². The first-order chi connectivity index (χ1) is 14.9. The van der Waals surface area contributed by atoms with Crippen molar-refractivity contribution >= 4 is 11.6 Å². The van der Waals surface area contributed by atoms with Crippen LogP contribution in [0.4, 0.5) is 5.69 Å². The molecule has 0 aliphatic carbocycles. The van der Waals surface area contributed by atoms with Gasteiger partial charge < -0.3 is 9.84 Å². The predicted molar refractivity (Wildman–Crippen MR) is 121 cm³/mol. The average Bonchev–Trinajstić information content (AvgIpc) is 3.26. The Hall–Kier alpha value is -3.80. The minimum absolute atomic E-state index is 0.150. The van der Waals surface area contributed by atoms with Gasteiger partial charge in [0.05, 0.1) is 28.2 Å². The minimum Gasteiger partial charge on any atom is -0.334 e. The molecule has 4 aromatic rings. The Bertz CT molecular complexity index is 1230. The maximum atomic E-state index is 13.1. The number of hydrogen-bond donors (Lipinski definition) is 1. The first-order valence-corrected chi connectivity index (χ1v) is 10.2. The molecule has 0 spiro atoms. The van der Waals surface area contributed by atoms with Gasteiger partial charge in [0.15, 0.2) is 5.82 Å². The molecule has 0 saturated carbocycles. The molecule has 0 bridgehead atoms. The summed E-state index contributed by atoms with van der Waals surface area (Å²) < 4.78 is 5.46. The number of hydrogen-bond acceptors (Lipinski definition) is 5. The Morgan fingerprint density at radius 2 is 1.71 bits per heavy atom. The van der Waals surface area contributed by atoms with Gasteiger partial charge in [-0.15, -0.1) is 0 Å². The zero-order valence-electron chi connectivity index (χ0n) is 18.0. The lowest BCUT2D eigenvalue weighted by Gasteiger charge is -2.13. The second-order valence-electron chi connectivity index (χ2n) is 7.76. The summed E-state index contributed by atoms with van der Waals surface area (Å²) in [6.07, 6.45) is 0. The van der Waals surface area contributed by atoms with Gasteiger partial charge in [-0.05, 0) is 37.6 Å². The first-order valence-electron chi connectivity index (χ1n) is 10.2. The molecule has 6 nitrogen and oxygen atoms in total. The van der Waals surface area contributed by atoms with E-state index in [1.54, 1.807) is 0 Å². The van der Waals surface area contributed by atoms with E-state index in [0.29, 0.717) is 34.2 Å². The van der Waals surface area contributed by atoms with Crippen molar-refractivity contribution in [1.82, 2.24) is 15.1 Å². The molecule has 1 amide bonds. The molecule has 2 aromatic carbocycles. The molecule has 0 aliphatic heterocycles. The van der Waals surface area contributed by atoms with Crippen LogP contribution in [-0.2, 0) is 0 Å². The van der Waals surface area contributed by atoms with Crippen LogP contribution in [0, 0.1) is 13.8 Å². The van der Waals surface area contributed by atoms with Crippen molar-refractivity contribution in [2.75, 3.05) is 5.32 Å². The first kappa shape index (κ1) is 20.5. The van der Waals surface area contributed by atoms with E-state index in [-0.39, 0.29) is 11.8 Å². The predicted octanol–water partition coefficient (Wildman–Crippen LogP) is 5.79. The molecular weight excluding hydrogens is 388 g/mol. The Morgan fingerprint density at radius 1 is 0.935 bits per heavy atom. The summed E-state index contributed by atoms with van der Waals surface area (Å²) in [4.78, 5) is 22.2. The number of nitrogens with zero attached hydrogens (tertiary/aromatic N) is 3. The molecule has 0 radical (unpaired) electrons. The molecule has 0 unspecified atom stereocenters. The number of carbonyl (C=O) groups excluding carboxylic acids is 1. The lowest BCUT2D eigenvalue weighted by atomic mass is 10.1. The van der Waals surface area contributed by atoms with Gasteiger partial charge in [-0.2, -0.15) is 4.98 Å². The van der Waals surface area contributed by atoms with Crippen LogP contribution in [0.1, 0.15) is 47.2 Å². The zero-order chi connectivity index (χ0) is 22.0. The molecule has 0 saturated heterocycles. The van der Waals surface area contributed by atoms with E-state index in [1.807, 2.05) is 88.4 Å². The van der Waals surface area contributed by atoms with Gasteiger partial charge >= 0.3 is 0 Å². The van der Waals surface area contributed by atoms with Gasteiger partial charge in [-0.1, -0.05) is 61.5 Å². The van der Waals surface area contributed by atoms with Gasteiger partial charge in [0, 0.05) is 11.5 Å². The summed E-state index contributed by atoms with van der Waals surface area (Å²) in [7, 11) is 0. The van der Waals surface area contributed by atoms with Crippen LogP contribution >= 0.6 is 0 Å². The third-order valence-electron chi connectivity index (χ3n) is 5.10. The van der Waals surface area contributed by atoms with Crippen LogP contribution in [-0.4, -0.2) is 21.0 Å². The van der Waals surface area contributed by atoms with E-state index < -0.39 is 0 Å². The van der Waals surface area contributed by atoms with Crippen molar-refractivity contribution in [3.05, 3.63) is 83.3 Å². The highest BCUT2D eigenvalue weighted by molar-refractivity contribution is 6.07. The van der Waals surface area contributed by atoms with Gasteiger partial charge in [-0.25, -0.2) is 0 Å². The number of nitrogens with one attached hydrogen (secondary N) is 1. The highest BCUT2D eigenvalue weighted by atomic mass is 16.5. The van der Waals surface area contributed by atoms with E-state index in [9.17, 15) is 4.79 Å². The number of carbonyl (C=O) groups is 1. The maximum absolute atomic E-state index is 13.1. The normalized spacial score (nSPS) is 11.0. The number of anilines is 1. The Labute approximate surface area is 181 Å². The van der Waals surface area contributed by atoms with E-state index in [4.69, 9.17) is 4.52 Å². The minimum atomic E-state index is -0.233. The molecule has 2 aromatic heterocycles. The smallest absolute Gasteiger partial charge is 0.260 e. The molecule has 2 heterocycles. The lowest BCUT2D eigenvalue weighted by Crippen LogP contribution is -2.15. The molecule has 31 heavy (non-hydrogen) atoms. The van der Waals surface area contributed by atoms with E-state index in [0.717, 1.165) is 16.8 Å². The Balaban J connectivity index is 1.65. The number of rotatable bonds is 5. The van der Waals surface area contributed by atoms with Gasteiger partial charge in [-0.3, -0.25) is 9.78 Å². The SMILES string of the molecule is Cc1cccc(-c2nc(C(C)C)no2)c1NC(=O)c1ccc(-c2ccccc2)nc1C. The molecule has 4 rings (SSSR count). The van der Waals surface area contributed by atoms with Crippen molar-refractivity contribution in [2.24, 2.45) is 0 Å². The molecule has 0 atom stereocenters. The monoisotopic (exact) mass is 412 g/mol. The van der Waals surface area contributed by atoms with Crippen molar-refractivity contribution in [3.8, 4) is 22.7 Å². The molecule has 0 aliphatic rings. The summed E-state index contributed by atoms with van der Waals surface area (Å²) in [5.74, 6) is 0.934. The summed E-state index contributed by atoms with van der Waals surface area (Å²) >= 11 is 0. The van der Waals surface area contributed by atoms with E-state index in [1.165, 1.54) is 0 Å². The number of aromatic nitrogens is 3. The lowest BCUT2D eigenvalue weighted by molar-refractivity contribution is 0.102. The third kappa shape index (κ3) is 4.23. The molecular formula is C25H24N4O2. The maximum Gasteiger partial charge on any atom is 0.260 e. The van der Waals surface area contributed by atoms with E-state index >= 15 is 0 Å². The Morgan fingerprint density at radius 3 is 2.39 bits per heavy atom. The van der Waals surface area contributed by atoms with Crippen LogP contribution in [0.3, 0.4) is 0 Å². The fourth-order valence-electron chi connectivity index (χ4n) is 3.34. The van der Waals surface area contributed by atoms with Crippen molar-refractivity contribution in [2.45, 2.75) is 33.6 Å². The second-order valence-corrected chi connectivity index (χ2v) is 7.76. The van der Waals surface area contributed by atoms with Gasteiger partial charge in [0.2, 0.25) is 0 Å². The number of aryl methyl sites for hydroxylation is 2. The molecule has 6 heteroatoms. The fourth-order valence-corrected chi connectivity index (χ4v) is 3.34. The Kier molecular flexibility index (Phi) is 5.62. The van der Waals surface area contributed by atoms with Crippen LogP contribution in [0.2, 0.25) is 0 Å². The van der Waals surface area contributed by atoms with Crippen LogP contribution in [0.5, 0.6) is 0 Å². The van der Waals surface area contributed by atoms with Crippen LogP contribution in [0.15, 0.2) is 65.2 Å². The fraction of sp³-hybridized carbons (Fsp3) is 0.200. The van der Waals surface area contributed by atoms with Crippen molar-refractivity contribution < 1.29 is 9.32 Å². The highest BCUT2D eigenvalue weighted by Gasteiger charge is 2.19. The average molecular weight is 412 g/mol. The second kappa shape index (κ2) is 8.52. The summed E-state index contributed by atoms with van der Waals surface area (Å²) in [6, 6.07) is 19.3. The van der Waals surface area contributed by atoms with Crippen molar-refractivity contribution in [3.63, 3.8) is 0 Å². The standard InChI is InChI=1S/C25H24N4O2/c1-15(2)23-28-25(31-29-23)20-12-8-9-16(3)22(20)27-24(30)19-13-14-21(26-17(19)4)18-10-6-5-7-11-18/h5-15H,1-4H3,(H,27,30). The zero-order valence-corrected chi connectivity index (χ0v) is 18.0. The van der Waals surface area contributed by atoms with Crippen LogP contribution in [0.25, 0.3) is 22.7 Å². The summed E-state index contributed by atoms with van der Waals surface area (Å²) in [6.45, 7) is 7.78. The third-order valence-corrected chi connectivity index (χ3v) is 5.10. The number of benzene rings is 2. The molecule has 1 N–H and O–H groups in total. The van der Waals surface area contributed by atoms with E-state index in [2.05, 4.69) is 20.4 Å². The molecule has 156 valence electrons. The number of para-hydroxylation sites is 1. The van der Waals surface area contributed by atoms with Crippen LogP contribution < -0.4 is 5.32 Å². The number of pyridine rings is 1. The summed E-state index contributed by atoms with van der Waals surface area (Å²) in [5, 5.41) is 7.07. The topological polar surface area (TPSA) is 80.9 Å². The largest absolute Gasteiger partial charge is 0.334 e. The summed E-state index contributed by atoms with van der Waals surface area (Å²) in [5.41, 5.74) is 5.27. The van der Waals surface area contributed by atoms with Gasteiger partial charge in [0.25, 0.3) is 11.8 Å². The molecule has 0 fully saturated rings. The quantitative estimate of drug-likeness (QED) is 0.449.